The Kier molecular flexibility index (Phi) is 3.35. The first kappa shape index (κ1) is 13.9. The molecule has 3 rings (SSSR count). The molecule has 0 spiro atoms. The molecule has 1 fully saturated rings. The molecule has 1 saturated heterocycles. The first-order chi connectivity index (χ1) is 10.0. The van der Waals surface area contributed by atoms with Crippen molar-refractivity contribution in [3.63, 3.8) is 0 Å². The van der Waals surface area contributed by atoms with E-state index in [1.165, 1.54) is 10.9 Å². The molecule has 0 aromatic carbocycles. The molecule has 2 aromatic heterocycles. The number of nitrogens with two attached hydrogens (primary N) is 2. The fraction of sp³-hybridized carbons (Fsp3) is 0.500. The number of aliphatic hydroxyl groups excluding tert-OH is 2. The average molecular weight is 297 g/mol. The molecule has 0 amide bonds. The Hall–Kier alpha value is -2.05. The summed E-state index contributed by atoms with van der Waals surface area (Å²) in [5, 5.41) is 20.0. The lowest BCUT2D eigenvalue weighted by molar-refractivity contribution is -0.0341. The van der Waals surface area contributed by atoms with Crippen LogP contribution in [0.2, 0.25) is 0 Å². The minimum Gasteiger partial charge on any atom is -0.387 e. The van der Waals surface area contributed by atoms with Gasteiger partial charge in [0.1, 0.15) is 18.3 Å². The first-order valence-electron chi connectivity index (χ1n) is 6.20. The van der Waals surface area contributed by atoms with Crippen LogP contribution in [-0.4, -0.2) is 54.6 Å². The number of rotatable bonds is 3. The fourth-order valence-corrected chi connectivity index (χ4v) is 2.37. The maximum atomic E-state index is 11.7. The van der Waals surface area contributed by atoms with E-state index in [9.17, 15) is 15.0 Å². The molecule has 2 aromatic rings. The van der Waals surface area contributed by atoms with E-state index >= 15 is 0 Å². The van der Waals surface area contributed by atoms with Crippen molar-refractivity contribution in [2.75, 3.05) is 12.3 Å². The third-order valence-corrected chi connectivity index (χ3v) is 3.38. The molecular formula is C10H15N7O4. The Balaban J connectivity index is 2.03. The molecular weight excluding hydrogens is 282 g/mol. The number of aliphatic hydroxyl groups is 2. The van der Waals surface area contributed by atoms with Crippen molar-refractivity contribution in [3.05, 3.63) is 16.7 Å². The number of hydrogen-bond acceptors (Lipinski definition) is 9. The summed E-state index contributed by atoms with van der Waals surface area (Å²) in [5.74, 6) is 5.11. The third kappa shape index (κ3) is 2.16. The smallest absolute Gasteiger partial charge is 0.280 e. The van der Waals surface area contributed by atoms with E-state index in [1.54, 1.807) is 0 Å². The van der Waals surface area contributed by atoms with Crippen LogP contribution in [0.25, 0.3) is 11.2 Å². The molecule has 21 heavy (non-hydrogen) atoms. The lowest BCUT2D eigenvalue weighted by Crippen LogP contribution is -2.40. The van der Waals surface area contributed by atoms with Gasteiger partial charge in [-0.15, -0.1) is 0 Å². The van der Waals surface area contributed by atoms with Gasteiger partial charge in [0.15, 0.2) is 17.4 Å². The number of nitrogen functional groups attached to an aromatic ring is 1. The minimum atomic E-state index is -1.22. The van der Waals surface area contributed by atoms with Crippen LogP contribution in [-0.2, 0) is 4.74 Å². The maximum absolute atomic E-state index is 11.7. The van der Waals surface area contributed by atoms with Gasteiger partial charge in [0.25, 0.3) is 5.56 Å². The molecule has 4 unspecified atom stereocenters. The summed E-state index contributed by atoms with van der Waals surface area (Å²) >= 11 is 0. The van der Waals surface area contributed by atoms with E-state index in [0.717, 1.165) is 0 Å². The number of imidazole rings is 1. The summed E-state index contributed by atoms with van der Waals surface area (Å²) in [7, 11) is 0. The van der Waals surface area contributed by atoms with Crippen LogP contribution in [0.4, 0.5) is 5.95 Å². The Morgan fingerprint density at radius 3 is 2.95 bits per heavy atom. The summed E-state index contributed by atoms with van der Waals surface area (Å²) < 4.78 is 6.90. The van der Waals surface area contributed by atoms with Gasteiger partial charge in [0.2, 0.25) is 5.95 Å². The largest absolute Gasteiger partial charge is 0.387 e. The average Bonchev–Trinajstić information content (AvgIpc) is 2.96. The first-order valence-corrected chi connectivity index (χ1v) is 6.20. The number of ether oxygens (including phenoxy) is 1. The van der Waals surface area contributed by atoms with Gasteiger partial charge in [-0.3, -0.25) is 25.6 Å². The molecule has 11 nitrogen and oxygen atoms in total. The predicted molar refractivity (Wildman–Crippen MR) is 70.7 cm³/mol. The van der Waals surface area contributed by atoms with Gasteiger partial charge in [0.05, 0.1) is 6.33 Å². The van der Waals surface area contributed by atoms with Crippen LogP contribution in [0, 0.1) is 0 Å². The number of H-pyrrole nitrogens is 1. The summed E-state index contributed by atoms with van der Waals surface area (Å²) in [6.45, 7) is 0.150. The van der Waals surface area contributed by atoms with Gasteiger partial charge < -0.3 is 20.7 Å². The summed E-state index contributed by atoms with van der Waals surface area (Å²) in [6.07, 6.45) is -2.71. The van der Waals surface area contributed by atoms with Crippen LogP contribution < -0.4 is 22.6 Å². The van der Waals surface area contributed by atoms with Gasteiger partial charge in [-0.25, -0.2) is 4.98 Å². The van der Waals surface area contributed by atoms with Crippen LogP contribution >= 0.6 is 0 Å². The quantitative estimate of drug-likeness (QED) is 0.251. The third-order valence-electron chi connectivity index (χ3n) is 3.38. The van der Waals surface area contributed by atoms with Crippen molar-refractivity contribution < 1.29 is 14.9 Å². The Bertz CT molecular complexity index is 713. The number of aromatic amines is 1. The molecule has 1 aliphatic rings. The van der Waals surface area contributed by atoms with E-state index in [1.807, 2.05) is 0 Å². The van der Waals surface area contributed by atoms with E-state index in [0.29, 0.717) is 0 Å². The van der Waals surface area contributed by atoms with E-state index in [4.69, 9.17) is 16.3 Å². The van der Waals surface area contributed by atoms with Crippen molar-refractivity contribution in [2.24, 2.45) is 5.84 Å². The summed E-state index contributed by atoms with van der Waals surface area (Å²) in [4.78, 5) is 21.9. The number of aromatic nitrogens is 4. The molecule has 3 heterocycles. The molecule has 8 N–H and O–H groups in total. The highest BCUT2D eigenvalue weighted by Gasteiger charge is 2.44. The zero-order valence-corrected chi connectivity index (χ0v) is 10.8. The molecule has 0 saturated carbocycles. The lowest BCUT2D eigenvalue weighted by Gasteiger charge is -2.16. The van der Waals surface area contributed by atoms with Gasteiger partial charge in [0, 0.05) is 6.54 Å². The van der Waals surface area contributed by atoms with Gasteiger partial charge in [-0.2, -0.15) is 4.98 Å². The topological polar surface area (TPSA) is 177 Å². The van der Waals surface area contributed by atoms with Gasteiger partial charge in [-0.1, -0.05) is 0 Å². The molecule has 114 valence electrons. The second kappa shape index (κ2) is 5.05. The number of fused-ring (bicyclic) bond motifs is 1. The number of hydrazine groups is 1. The Morgan fingerprint density at radius 2 is 2.24 bits per heavy atom. The monoisotopic (exact) mass is 297 g/mol. The van der Waals surface area contributed by atoms with E-state index < -0.39 is 30.1 Å². The van der Waals surface area contributed by atoms with Gasteiger partial charge >= 0.3 is 0 Å². The van der Waals surface area contributed by atoms with Crippen molar-refractivity contribution in [1.29, 1.82) is 0 Å². The fourth-order valence-electron chi connectivity index (χ4n) is 2.37. The Labute approximate surface area is 117 Å². The Morgan fingerprint density at radius 1 is 1.48 bits per heavy atom. The lowest BCUT2D eigenvalue weighted by atomic mass is 10.1. The molecule has 0 radical (unpaired) electrons. The van der Waals surface area contributed by atoms with Crippen LogP contribution in [0.15, 0.2) is 11.1 Å². The normalized spacial score (nSPS) is 29.3. The zero-order valence-electron chi connectivity index (χ0n) is 10.8. The number of anilines is 1. The van der Waals surface area contributed by atoms with Crippen molar-refractivity contribution in [2.45, 2.75) is 24.5 Å². The van der Waals surface area contributed by atoms with Crippen molar-refractivity contribution >= 4 is 17.1 Å². The number of hydrogen-bond donors (Lipinski definition) is 6. The minimum absolute atomic E-state index is 0.0647. The standard InChI is InChI=1S/C10H15N7O4/c11-10-15-7-4(8(20)16-10)13-2-17(7)9-6(19)5(18)3(21-9)1-14-12/h2-3,5-6,9,14,18-19H,1,12H2,(H3,11,15,16,20). The van der Waals surface area contributed by atoms with Crippen LogP contribution in [0.5, 0.6) is 0 Å². The maximum Gasteiger partial charge on any atom is 0.280 e. The zero-order chi connectivity index (χ0) is 15.1. The highest BCUT2D eigenvalue weighted by Crippen LogP contribution is 2.30. The second-order valence-electron chi connectivity index (χ2n) is 4.73. The molecule has 1 aliphatic heterocycles. The SMILES string of the molecule is NNCC1OC(n2cnc3c(=O)[nH]c(N)nc32)C(O)C1O. The molecule has 11 heteroatoms. The number of nitrogens with zero attached hydrogens (tertiary/aromatic N) is 3. The second-order valence-corrected chi connectivity index (χ2v) is 4.73. The number of nitrogens with one attached hydrogen (secondary N) is 2. The van der Waals surface area contributed by atoms with Gasteiger partial charge in [-0.05, 0) is 0 Å². The van der Waals surface area contributed by atoms with Crippen molar-refractivity contribution in [1.82, 2.24) is 24.9 Å². The van der Waals surface area contributed by atoms with E-state index in [2.05, 4.69) is 20.4 Å². The van der Waals surface area contributed by atoms with Crippen LogP contribution in [0.3, 0.4) is 0 Å². The predicted octanol–water partition coefficient (Wildman–Crippen LogP) is -3.22. The highest BCUT2D eigenvalue weighted by molar-refractivity contribution is 5.70. The molecule has 4 atom stereocenters. The molecule has 0 bridgehead atoms. The van der Waals surface area contributed by atoms with Crippen LogP contribution in [0.1, 0.15) is 6.23 Å². The van der Waals surface area contributed by atoms with E-state index in [-0.39, 0.29) is 23.7 Å². The summed E-state index contributed by atoms with van der Waals surface area (Å²) in [6, 6.07) is 0. The summed E-state index contributed by atoms with van der Waals surface area (Å²) in [5.41, 5.74) is 7.60. The van der Waals surface area contributed by atoms with Crippen molar-refractivity contribution in [3.8, 4) is 0 Å². The highest BCUT2D eigenvalue weighted by atomic mass is 16.6. The molecule has 0 aliphatic carbocycles.